The van der Waals surface area contributed by atoms with Crippen molar-refractivity contribution >= 4 is 16.9 Å². The van der Waals surface area contributed by atoms with Crippen molar-refractivity contribution in [3.05, 3.63) is 35.3 Å². The molecule has 1 N–H and O–H groups in total. The second-order valence-corrected chi connectivity index (χ2v) is 3.56. The Balaban J connectivity index is 2.64. The lowest BCUT2D eigenvalue weighted by Crippen LogP contribution is -2.08. The number of aromatic nitrogens is 1. The Kier molecular flexibility index (Phi) is 2.76. The van der Waals surface area contributed by atoms with E-state index in [1.807, 2.05) is 0 Å². The summed E-state index contributed by atoms with van der Waals surface area (Å²) in [5, 5.41) is 0.168. The predicted octanol–water partition coefficient (Wildman–Crippen LogP) is 3.11. The van der Waals surface area contributed by atoms with Crippen LogP contribution in [0.1, 0.15) is 16.1 Å². The molecule has 7 heteroatoms. The zero-order valence-corrected chi connectivity index (χ0v) is 9.06. The van der Waals surface area contributed by atoms with E-state index in [2.05, 4.69) is 9.72 Å². The number of benzene rings is 1. The molecule has 1 aromatic carbocycles. The molecule has 0 unspecified atom stereocenters. The summed E-state index contributed by atoms with van der Waals surface area (Å²) in [5.74, 6) is -2.21. The molecule has 0 spiro atoms. The molecule has 96 valence electrons. The Morgan fingerprint density at radius 3 is 2.56 bits per heavy atom. The highest BCUT2D eigenvalue weighted by Crippen LogP contribution is 2.34. The van der Waals surface area contributed by atoms with Crippen LogP contribution in [0.15, 0.2) is 18.2 Å². The molecular weight excluding hydrogens is 254 g/mol. The molecule has 0 aliphatic carbocycles. The van der Waals surface area contributed by atoms with Crippen molar-refractivity contribution in [2.75, 3.05) is 7.11 Å². The minimum absolute atomic E-state index is 0.106. The molecular formula is C11H7F4NO2. The normalized spacial score (nSPS) is 11.8. The van der Waals surface area contributed by atoms with Crippen LogP contribution in [0.5, 0.6) is 0 Å². The van der Waals surface area contributed by atoms with E-state index < -0.39 is 23.5 Å². The van der Waals surface area contributed by atoms with E-state index in [1.54, 1.807) is 0 Å². The fraction of sp³-hybridized carbons (Fsp3) is 0.182. The molecule has 0 atom stereocenters. The number of ether oxygens (including phenoxy) is 1. The van der Waals surface area contributed by atoms with Gasteiger partial charge in [-0.05, 0) is 12.1 Å². The Labute approximate surface area is 98.4 Å². The Bertz CT molecular complexity index is 615. The highest BCUT2D eigenvalue weighted by molar-refractivity contribution is 5.95. The van der Waals surface area contributed by atoms with E-state index in [0.717, 1.165) is 13.2 Å². The fourth-order valence-electron chi connectivity index (χ4n) is 1.60. The maximum atomic E-state index is 13.6. The van der Waals surface area contributed by atoms with E-state index in [1.165, 1.54) is 6.07 Å². The van der Waals surface area contributed by atoms with E-state index in [0.29, 0.717) is 6.07 Å². The number of H-pyrrole nitrogens is 1. The summed E-state index contributed by atoms with van der Waals surface area (Å²) in [6.45, 7) is 0. The average molecular weight is 261 g/mol. The summed E-state index contributed by atoms with van der Waals surface area (Å²) in [6.07, 6.45) is -4.78. The number of alkyl halides is 3. The maximum Gasteiger partial charge on any atom is 0.419 e. The molecule has 0 saturated carbocycles. The molecule has 0 radical (unpaired) electrons. The first-order valence-electron chi connectivity index (χ1n) is 4.81. The number of carbonyl (C=O) groups is 1. The van der Waals surface area contributed by atoms with Gasteiger partial charge in [0, 0.05) is 5.39 Å². The maximum absolute atomic E-state index is 13.6. The molecule has 3 nitrogen and oxygen atoms in total. The van der Waals surface area contributed by atoms with Gasteiger partial charge in [-0.3, -0.25) is 0 Å². The van der Waals surface area contributed by atoms with E-state index in [4.69, 9.17) is 0 Å². The highest BCUT2D eigenvalue weighted by atomic mass is 19.4. The van der Waals surface area contributed by atoms with Crippen LogP contribution in [0, 0.1) is 5.82 Å². The van der Waals surface area contributed by atoms with Gasteiger partial charge in [0.05, 0.1) is 18.2 Å². The number of methoxy groups -OCH3 is 1. The zero-order chi connectivity index (χ0) is 13.5. The number of nitrogens with one attached hydrogen (secondary N) is 1. The van der Waals surface area contributed by atoms with Gasteiger partial charge in [0.1, 0.15) is 5.69 Å². The molecule has 0 bridgehead atoms. The highest BCUT2D eigenvalue weighted by Gasteiger charge is 2.35. The molecule has 2 aromatic rings. The lowest BCUT2D eigenvalue weighted by Gasteiger charge is -2.07. The number of aromatic amines is 1. The second-order valence-electron chi connectivity index (χ2n) is 3.56. The van der Waals surface area contributed by atoms with Crippen LogP contribution in [-0.2, 0) is 10.9 Å². The molecule has 18 heavy (non-hydrogen) atoms. The molecule has 0 amide bonds. The van der Waals surface area contributed by atoms with Gasteiger partial charge in [0.2, 0.25) is 0 Å². The molecule has 1 heterocycles. The summed E-state index contributed by atoms with van der Waals surface area (Å²) >= 11 is 0. The summed E-state index contributed by atoms with van der Waals surface area (Å²) < 4.78 is 55.4. The van der Waals surface area contributed by atoms with Crippen molar-refractivity contribution in [1.29, 1.82) is 0 Å². The summed E-state index contributed by atoms with van der Waals surface area (Å²) in [4.78, 5) is 13.5. The van der Waals surface area contributed by atoms with Crippen LogP contribution in [0.3, 0.4) is 0 Å². The third-order valence-electron chi connectivity index (χ3n) is 2.44. The molecule has 0 fully saturated rings. The van der Waals surface area contributed by atoms with Crippen LogP contribution in [0.2, 0.25) is 0 Å². The lowest BCUT2D eigenvalue weighted by molar-refractivity contribution is -0.139. The van der Waals surface area contributed by atoms with Gasteiger partial charge < -0.3 is 9.72 Å². The third-order valence-corrected chi connectivity index (χ3v) is 2.44. The van der Waals surface area contributed by atoms with Gasteiger partial charge in [-0.15, -0.1) is 0 Å². The topological polar surface area (TPSA) is 42.1 Å². The van der Waals surface area contributed by atoms with Crippen LogP contribution in [0.25, 0.3) is 10.9 Å². The van der Waals surface area contributed by atoms with Crippen molar-refractivity contribution in [3.8, 4) is 0 Å². The molecule has 2 rings (SSSR count). The van der Waals surface area contributed by atoms with E-state index in [9.17, 15) is 22.4 Å². The third kappa shape index (κ3) is 1.92. The summed E-state index contributed by atoms with van der Waals surface area (Å²) in [7, 11) is 1.12. The van der Waals surface area contributed by atoms with Gasteiger partial charge >= 0.3 is 12.1 Å². The smallest absolute Gasteiger partial charge is 0.419 e. The van der Waals surface area contributed by atoms with Gasteiger partial charge in [0.25, 0.3) is 0 Å². The Morgan fingerprint density at radius 1 is 1.33 bits per heavy atom. The fourth-order valence-corrected chi connectivity index (χ4v) is 1.60. The van der Waals surface area contributed by atoms with E-state index >= 15 is 0 Å². The van der Waals surface area contributed by atoms with Crippen molar-refractivity contribution in [3.63, 3.8) is 0 Å². The van der Waals surface area contributed by atoms with Crippen LogP contribution >= 0.6 is 0 Å². The summed E-state index contributed by atoms with van der Waals surface area (Å²) in [6, 6.07) is 2.95. The van der Waals surface area contributed by atoms with Gasteiger partial charge in [-0.1, -0.05) is 6.07 Å². The van der Waals surface area contributed by atoms with Crippen LogP contribution in [-0.4, -0.2) is 18.1 Å². The van der Waals surface area contributed by atoms with Gasteiger partial charge in [-0.2, -0.15) is 13.2 Å². The van der Waals surface area contributed by atoms with Crippen molar-refractivity contribution < 1.29 is 27.1 Å². The first kappa shape index (κ1) is 12.4. The Hall–Kier alpha value is -2.05. The molecule has 0 aliphatic rings. The second kappa shape index (κ2) is 4.01. The van der Waals surface area contributed by atoms with Crippen molar-refractivity contribution in [2.24, 2.45) is 0 Å². The zero-order valence-electron chi connectivity index (χ0n) is 9.06. The SMILES string of the molecule is COC(=O)c1cc2ccc(C(F)(F)F)c(F)c2[nH]1. The predicted molar refractivity (Wildman–Crippen MR) is 54.6 cm³/mol. The van der Waals surface area contributed by atoms with Crippen LogP contribution in [0.4, 0.5) is 17.6 Å². The number of carbonyl (C=O) groups excluding carboxylic acids is 1. The standard InChI is InChI=1S/C11H7F4NO2/c1-18-10(17)7-4-5-2-3-6(11(13,14)15)8(12)9(5)16-7/h2-4,16H,1H3. The van der Waals surface area contributed by atoms with Crippen molar-refractivity contribution in [1.82, 2.24) is 4.98 Å². The lowest BCUT2D eigenvalue weighted by atomic mass is 10.1. The number of fused-ring (bicyclic) bond motifs is 1. The number of rotatable bonds is 1. The van der Waals surface area contributed by atoms with Crippen molar-refractivity contribution in [2.45, 2.75) is 6.18 Å². The minimum atomic E-state index is -4.78. The number of hydrogen-bond donors (Lipinski definition) is 1. The first-order chi connectivity index (χ1) is 8.34. The molecule has 0 aliphatic heterocycles. The quantitative estimate of drug-likeness (QED) is 0.633. The van der Waals surface area contributed by atoms with Crippen LogP contribution < -0.4 is 0 Å². The molecule has 1 aromatic heterocycles. The molecule has 0 saturated heterocycles. The number of hydrogen-bond acceptors (Lipinski definition) is 2. The summed E-state index contributed by atoms with van der Waals surface area (Å²) in [5.41, 5.74) is -1.86. The average Bonchev–Trinajstić information content (AvgIpc) is 2.71. The Morgan fingerprint density at radius 2 is 2.00 bits per heavy atom. The first-order valence-corrected chi connectivity index (χ1v) is 4.81. The van der Waals surface area contributed by atoms with Gasteiger partial charge in [0.15, 0.2) is 5.82 Å². The minimum Gasteiger partial charge on any atom is -0.464 e. The van der Waals surface area contributed by atoms with Gasteiger partial charge in [-0.25, -0.2) is 9.18 Å². The number of esters is 1. The number of halogens is 4. The largest absolute Gasteiger partial charge is 0.464 e. The van der Waals surface area contributed by atoms with E-state index in [-0.39, 0.29) is 16.6 Å². The monoisotopic (exact) mass is 261 g/mol.